The smallest absolute Gasteiger partial charge is 0.341 e. The fraction of sp³-hybridized carbons (Fsp3) is 0.471. The Hall–Kier alpha value is -2.45. The number of carbonyl (C=O) groups excluding carboxylic acids is 2. The highest BCUT2D eigenvalue weighted by atomic mass is 16.6. The van der Waals surface area contributed by atoms with Crippen molar-refractivity contribution in [3.63, 3.8) is 0 Å². The van der Waals surface area contributed by atoms with Crippen LogP contribution >= 0.6 is 0 Å². The van der Waals surface area contributed by atoms with Crippen molar-refractivity contribution >= 4 is 23.5 Å². The van der Waals surface area contributed by atoms with Gasteiger partial charge in [0.2, 0.25) is 5.91 Å². The molecule has 138 valence electrons. The van der Waals surface area contributed by atoms with Gasteiger partial charge in [0.15, 0.2) is 5.60 Å². The van der Waals surface area contributed by atoms with E-state index in [2.05, 4.69) is 5.32 Å². The number of nitrogens with one attached hydrogen (secondary N) is 1. The molecular weight excluding hydrogens is 330 g/mol. The topological polar surface area (TPSA) is 133 Å². The Bertz CT molecular complexity index is 612. The first-order chi connectivity index (χ1) is 11.7. The van der Waals surface area contributed by atoms with Crippen molar-refractivity contribution in [2.75, 3.05) is 5.32 Å². The number of aliphatic carboxylic acids is 1. The summed E-state index contributed by atoms with van der Waals surface area (Å²) in [6.45, 7) is 2.78. The fourth-order valence-electron chi connectivity index (χ4n) is 2.01. The molecule has 0 heterocycles. The summed E-state index contributed by atoms with van der Waals surface area (Å²) >= 11 is 0. The predicted octanol–water partition coefficient (Wildman–Crippen LogP) is 1.05. The average molecular weight is 353 g/mol. The molecule has 0 fully saturated rings. The highest BCUT2D eigenvalue weighted by molar-refractivity contribution is 5.92. The zero-order valence-electron chi connectivity index (χ0n) is 14.2. The van der Waals surface area contributed by atoms with Crippen LogP contribution in [0.2, 0.25) is 0 Å². The van der Waals surface area contributed by atoms with Gasteiger partial charge in [0.25, 0.3) is 0 Å². The molecule has 0 aliphatic carbocycles. The highest BCUT2D eigenvalue weighted by Gasteiger charge is 2.40. The van der Waals surface area contributed by atoms with E-state index in [0.29, 0.717) is 11.3 Å². The van der Waals surface area contributed by atoms with Gasteiger partial charge < -0.3 is 25.4 Å². The van der Waals surface area contributed by atoms with Crippen molar-refractivity contribution in [3.8, 4) is 0 Å². The van der Waals surface area contributed by atoms with E-state index in [1.165, 1.54) is 6.92 Å². The van der Waals surface area contributed by atoms with Crippen LogP contribution in [0.5, 0.6) is 0 Å². The molecule has 0 radical (unpaired) electrons. The summed E-state index contributed by atoms with van der Waals surface area (Å²) in [4.78, 5) is 33.8. The van der Waals surface area contributed by atoms with Crippen LogP contribution < -0.4 is 5.32 Å². The Morgan fingerprint density at radius 1 is 1.20 bits per heavy atom. The van der Waals surface area contributed by atoms with E-state index in [-0.39, 0.29) is 25.9 Å². The second kappa shape index (κ2) is 9.14. The fourth-order valence-corrected chi connectivity index (χ4v) is 2.01. The number of esters is 1. The molecule has 4 N–H and O–H groups in total. The molecule has 8 heteroatoms. The van der Waals surface area contributed by atoms with Gasteiger partial charge >= 0.3 is 11.9 Å². The van der Waals surface area contributed by atoms with Gasteiger partial charge in [-0.2, -0.15) is 0 Å². The monoisotopic (exact) mass is 353 g/mol. The van der Waals surface area contributed by atoms with E-state index >= 15 is 0 Å². The maximum atomic E-state index is 11.9. The Labute approximate surface area is 145 Å². The van der Waals surface area contributed by atoms with Crippen molar-refractivity contribution < 1.29 is 34.4 Å². The Kier molecular flexibility index (Phi) is 7.53. The third-order valence-electron chi connectivity index (χ3n) is 3.76. The lowest BCUT2D eigenvalue weighted by Gasteiger charge is -2.27. The van der Waals surface area contributed by atoms with Gasteiger partial charge in [-0.3, -0.25) is 9.59 Å². The van der Waals surface area contributed by atoms with Crippen molar-refractivity contribution in [3.05, 3.63) is 29.8 Å². The summed E-state index contributed by atoms with van der Waals surface area (Å²) < 4.78 is 5.03. The summed E-state index contributed by atoms with van der Waals surface area (Å²) in [6.07, 6.45) is -1.61. The summed E-state index contributed by atoms with van der Waals surface area (Å²) in [7, 11) is 0. The molecule has 0 saturated heterocycles. The highest BCUT2D eigenvalue weighted by Crippen LogP contribution is 2.19. The van der Waals surface area contributed by atoms with Gasteiger partial charge in [0.05, 0.1) is 12.5 Å². The van der Waals surface area contributed by atoms with E-state index in [1.807, 2.05) is 0 Å². The van der Waals surface area contributed by atoms with Gasteiger partial charge in [0, 0.05) is 12.1 Å². The molecule has 1 aromatic rings. The number of carbonyl (C=O) groups is 3. The molecule has 0 spiro atoms. The van der Waals surface area contributed by atoms with Gasteiger partial charge in [-0.1, -0.05) is 19.1 Å². The number of hydrogen-bond acceptors (Lipinski definition) is 6. The molecule has 8 nitrogen and oxygen atoms in total. The van der Waals surface area contributed by atoms with Crippen molar-refractivity contribution in [1.82, 2.24) is 0 Å². The van der Waals surface area contributed by atoms with E-state index in [0.717, 1.165) is 0 Å². The van der Waals surface area contributed by atoms with Gasteiger partial charge in [-0.15, -0.1) is 0 Å². The molecule has 0 saturated carbocycles. The van der Waals surface area contributed by atoms with E-state index in [9.17, 15) is 24.6 Å². The third kappa shape index (κ3) is 6.17. The second-order valence-corrected chi connectivity index (χ2v) is 5.67. The van der Waals surface area contributed by atoms with Gasteiger partial charge in [-0.25, -0.2) is 4.79 Å². The molecule has 2 atom stereocenters. The number of hydrogen-bond donors (Lipinski definition) is 4. The van der Waals surface area contributed by atoms with Gasteiger partial charge in [0.1, 0.15) is 6.61 Å². The van der Waals surface area contributed by atoms with E-state index in [4.69, 9.17) is 9.84 Å². The molecule has 0 aromatic heterocycles. The van der Waals surface area contributed by atoms with E-state index in [1.54, 1.807) is 31.2 Å². The number of carboxylic acid groups (broad SMARTS) is 1. The molecule has 0 aliphatic rings. The minimum atomic E-state index is -1.95. The van der Waals surface area contributed by atoms with E-state index < -0.39 is 29.6 Å². The number of aliphatic hydroxyl groups excluding tert-OH is 1. The molecule has 25 heavy (non-hydrogen) atoms. The zero-order valence-corrected chi connectivity index (χ0v) is 14.2. The Morgan fingerprint density at radius 3 is 2.28 bits per heavy atom. The molecule has 1 aromatic carbocycles. The van der Waals surface area contributed by atoms with Crippen molar-refractivity contribution in [2.24, 2.45) is 0 Å². The summed E-state index contributed by atoms with van der Waals surface area (Å²) in [6, 6.07) is 6.41. The van der Waals surface area contributed by atoms with Crippen LogP contribution in [0.1, 0.15) is 38.7 Å². The first kappa shape index (κ1) is 20.6. The van der Waals surface area contributed by atoms with Crippen LogP contribution in [0.15, 0.2) is 24.3 Å². The predicted molar refractivity (Wildman–Crippen MR) is 88.7 cm³/mol. The number of anilines is 1. The molecule has 1 rings (SSSR count). The lowest BCUT2D eigenvalue weighted by atomic mass is 9.95. The molecule has 0 unspecified atom stereocenters. The third-order valence-corrected chi connectivity index (χ3v) is 3.76. The summed E-state index contributed by atoms with van der Waals surface area (Å²) in [5.74, 6) is -2.36. The van der Waals surface area contributed by atoms with Crippen molar-refractivity contribution in [2.45, 2.75) is 51.4 Å². The van der Waals surface area contributed by atoms with Crippen LogP contribution in [0.3, 0.4) is 0 Å². The second-order valence-electron chi connectivity index (χ2n) is 5.67. The molecule has 0 aliphatic heterocycles. The van der Waals surface area contributed by atoms with Crippen LogP contribution in [-0.2, 0) is 25.7 Å². The quantitative estimate of drug-likeness (QED) is 0.488. The minimum absolute atomic E-state index is 0.0187. The summed E-state index contributed by atoms with van der Waals surface area (Å²) in [5, 5.41) is 30.7. The van der Waals surface area contributed by atoms with Crippen molar-refractivity contribution in [1.29, 1.82) is 0 Å². The average Bonchev–Trinajstić information content (AvgIpc) is 2.58. The Balaban J connectivity index is 2.56. The number of aliphatic hydroxyl groups is 2. The number of benzene rings is 1. The Morgan fingerprint density at radius 2 is 1.80 bits per heavy atom. The van der Waals surface area contributed by atoms with Gasteiger partial charge in [-0.05, 0) is 31.0 Å². The lowest BCUT2D eigenvalue weighted by molar-refractivity contribution is -0.179. The largest absolute Gasteiger partial charge is 0.481 e. The lowest BCUT2D eigenvalue weighted by Crippen LogP contribution is -2.48. The summed E-state index contributed by atoms with van der Waals surface area (Å²) in [5.41, 5.74) is -0.835. The van der Waals surface area contributed by atoms with Crippen LogP contribution in [0.4, 0.5) is 5.69 Å². The first-order valence-corrected chi connectivity index (χ1v) is 7.87. The number of amides is 1. The zero-order chi connectivity index (χ0) is 19.0. The SMILES string of the molecule is CC[C@@](O)(C(=O)OCc1ccc(NC(=O)CCC(=O)O)cc1)[C@H](C)O. The first-order valence-electron chi connectivity index (χ1n) is 7.87. The molecule has 1 amide bonds. The normalized spacial score (nSPS) is 14.2. The number of rotatable bonds is 9. The molecule has 0 bridgehead atoms. The maximum Gasteiger partial charge on any atom is 0.341 e. The maximum absolute atomic E-state index is 11.9. The van der Waals surface area contributed by atoms with Crippen LogP contribution in [-0.4, -0.2) is 44.9 Å². The van der Waals surface area contributed by atoms with Crippen LogP contribution in [0.25, 0.3) is 0 Å². The standard InChI is InChI=1S/C17H23NO7/c1-3-17(24,11(2)19)16(23)25-10-12-4-6-13(7-5-12)18-14(20)8-9-15(21)22/h4-7,11,19,24H,3,8-10H2,1-2H3,(H,18,20)(H,21,22)/t11-,17-/m0/s1. The molecular formula is C17H23NO7. The minimum Gasteiger partial charge on any atom is -0.481 e. The number of carboxylic acids is 1. The number of ether oxygens (including phenoxy) is 1. The van der Waals surface area contributed by atoms with Crippen LogP contribution in [0, 0.1) is 0 Å².